The Bertz CT molecular complexity index is 461. The quantitative estimate of drug-likeness (QED) is 0.792. The minimum atomic E-state index is -0.769. The lowest BCUT2D eigenvalue weighted by molar-refractivity contribution is -0.137. The molecular formula is C13H21N3O3S. The number of rotatable bonds is 8. The Morgan fingerprint density at radius 2 is 2.15 bits per heavy atom. The van der Waals surface area contributed by atoms with Crippen molar-refractivity contribution in [3.05, 3.63) is 11.1 Å². The number of carbonyl (C=O) groups excluding carboxylic acids is 1. The third-order valence-corrected chi connectivity index (χ3v) is 3.74. The van der Waals surface area contributed by atoms with Crippen LogP contribution in [0, 0.1) is 0 Å². The Hall–Kier alpha value is -1.47. The molecule has 1 amide bonds. The molecule has 0 aromatic carbocycles. The fourth-order valence-electron chi connectivity index (χ4n) is 1.84. The van der Waals surface area contributed by atoms with Crippen LogP contribution in [0.1, 0.15) is 32.4 Å². The van der Waals surface area contributed by atoms with E-state index in [4.69, 9.17) is 5.11 Å². The zero-order valence-electron chi connectivity index (χ0n) is 12.1. The number of amides is 1. The minimum absolute atomic E-state index is 0.0109. The Kier molecular flexibility index (Phi) is 6.60. The van der Waals surface area contributed by atoms with Gasteiger partial charge in [-0.05, 0) is 26.9 Å². The summed E-state index contributed by atoms with van der Waals surface area (Å²) >= 11 is 1.45. The number of carboxylic acid groups (broad SMARTS) is 1. The molecule has 1 aromatic heterocycles. The molecule has 1 rings (SSSR count). The van der Waals surface area contributed by atoms with Crippen molar-refractivity contribution in [3.8, 4) is 0 Å². The fraction of sp³-hybridized carbons (Fsp3) is 0.615. The van der Waals surface area contributed by atoms with Crippen molar-refractivity contribution < 1.29 is 14.7 Å². The normalized spacial score (nSPS) is 10.8. The van der Waals surface area contributed by atoms with Gasteiger partial charge >= 0.3 is 5.97 Å². The van der Waals surface area contributed by atoms with Crippen LogP contribution >= 0.6 is 11.3 Å². The molecule has 0 aliphatic rings. The SMILES string of the molecule is CCN(C(C)=O)c1nc(CN(C)CCCC(=O)O)cs1. The molecule has 0 atom stereocenters. The van der Waals surface area contributed by atoms with Crippen LogP contribution in [0.2, 0.25) is 0 Å². The second kappa shape index (κ2) is 7.96. The van der Waals surface area contributed by atoms with Crippen LogP contribution in [-0.2, 0) is 16.1 Å². The average Bonchev–Trinajstić information content (AvgIpc) is 2.77. The standard InChI is InChI=1S/C13H21N3O3S/c1-4-16(10(2)17)13-14-11(9-20-13)8-15(3)7-5-6-12(18)19/h9H,4-8H2,1-3H3,(H,18,19). The monoisotopic (exact) mass is 299 g/mol. The lowest BCUT2D eigenvalue weighted by atomic mass is 10.3. The number of aromatic nitrogens is 1. The zero-order chi connectivity index (χ0) is 15.1. The van der Waals surface area contributed by atoms with Gasteiger partial charge < -0.3 is 10.0 Å². The van der Waals surface area contributed by atoms with Gasteiger partial charge in [0, 0.05) is 31.8 Å². The molecule has 0 aliphatic heterocycles. The van der Waals surface area contributed by atoms with Crippen molar-refractivity contribution in [3.63, 3.8) is 0 Å². The van der Waals surface area contributed by atoms with Gasteiger partial charge in [0.1, 0.15) is 0 Å². The summed E-state index contributed by atoms with van der Waals surface area (Å²) < 4.78 is 0. The van der Waals surface area contributed by atoms with E-state index in [0.717, 1.165) is 5.69 Å². The maximum Gasteiger partial charge on any atom is 0.303 e. The summed E-state index contributed by atoms with van der Waals surface area (Å²) in [7, 11) is 1.93. The van der Waals surface area contributed by atoms with Gasteiger partial charge in [-0.25, -0.2) is 4.98 Å². The molecule has 0 spiro atoms. The molecule has 0 saturated carbocycles. The molecule has 0 radical (unpaired) electrons. The van der Waals surface area contributed by atoms with E-state index in [1.165, 1.54) is 18.3 Å². The maximum atomic E-state index is 11.4. The number of hydrogen-bond acceptors (Lipinski definition) is 5. The van der Waals surface area contributed by atoms with E-state index in [-0.39, 0.29) is 12.3 Å². The van der Waals surface area contributed by atoms with Gasteiger partial charge in [-0.2, -0.15) is 0 Å². The summed E-state index contributed by atoms with van der Waals surface area (Å²) in [6, 6.07) is 0. The van der Waals surface area contributed by atoms with E-state index >= 15 is 0 Å². The summed E-state index contributed by atoms with van der Waals surface area (Å²) in [6.45, 7) is 5.43. The molecule has 0 unspecified atom stereocenters. The molecule has 0 aliphatic carbocycles. The second-order valence-electron chi connectivity index (χ2n) is 4.62. The average molecular weight is 299 g/mol. The first-order chi connectivity index (χ1) is 9.43. The van der Waals surface area contributed by atoms with Gasteiger partial charge in [0.2, 0.25) is 5.91 Å². The third-order valence-electron chi connectivity index (χ3n) is 2.83. The van der Waals surface area contributed by atoms with Gasteiger partial charge in [-0.1, -0.05) is 0 Å². The molecule has 0 bridgehead atoms. The molecule has 1 N–H and O–H groups in total. The van der Waals surface area contributed by atoms with E-state index in [0.29, 0.717) is 31.2 Å². The Labute approximate surface area is 123 Å². The number of thiazole rings is 1. The predicted octanol–water partition coefficient (Wildman–Crippen LogP) is 1.81. The molecule has 1 heterocycles. The summed E-state index contributed by atoms with van der Waals surface area (Å²) in [5, 5.41) is 11.2. The van der Waals surface area contributed by atoms with Gasteiger partial charge in [-0.15, -0.1) is 11.3 Å². The molecule has 0 fully saturated rings. The van der Waals surface area contributed by atoms with Crippen LogP contribution in [0.5, 0.6) is 0 Å². The second-order valence-corrected chi connectivity index (χ2v) is 5.46. The van der Waals surface area contributed by atoms with Crippen molar-refractivity contribution in [2.24, 2.45) is 0 Å². The van der Waals surface area contributed by atoms with E-state index in [1.54, 1.807) is 4.90 Å². The number of anilines is 1. The molecular weight excluding hydrogens is 278 g/mol. The Morgan fingerprint density at radius 3 is 2.70 bits per heavy atom. The van der Waals surface area contributed by atoms with E-state index in [1.807, 2.05) is 24.3 Å². The highest BCUT2D eigenvalue weighted by atomic mass is 32.1. The van der Waals surface area contributed by atoms with Gasteiger partial charge in [-0.3, -0.25) is 14.5 Å². The minimum Gasteiger partial charge on any atom is -0.481 e. The number of carboxylic acids is 1. The number of aliphatic carboxylic acids is 1. The summed E-state index contributed by atoms with van der Waals surface area (Å²) in [4.78, 5) is 30.0. The summed E-state index contributed by atoms with van der Waals surface area (Å²) in [5.41, 5.74) is 0.905. The van der Waals surface area contributed by atoms with E-state index in [2.05, 4.69) is 4.98 Å². The number of hydrogen-bond donors (Lipinski definition) is 1. The van der Waals surface area contributed by atoms with Crippen molar-refractivity contribution in [1.29, 1.82) is 0 Å². The van der Waals surface area contributed by atoms with Crippen LogP contribution in [0.4, 0.5) is 5.13 Å². The van der Waals surface area contributed by atoms with Crippen molar-refractivity contribution in [2.75, 3.05) is 25.0 Å². The molecule has 20 heavy (non-hydrogen) atoms. The smallest absolute Gasteiger partial charge is 0.303 e. The third kappa shape index (κ3) is 5.26. The van der Waals surface area contributed by atoms with Crippen LogP contribution < -0.4 is 4.90 Å². The maximum absolute atomic E-state index is 11.4. The lowest BCUT2D eigenvalue weighted by Gasteiger charge is -2.16. The van der Waals surface area contributed by atoms with Crippen LogP contribution in [0.15, 0.2) is 5.38 Å². The fourth-order valence-corrected chi connectivity index (χ4v) is 2.76. The van der Waals surface area contributed by atoms with E-state index in [9.17, 15) is 9.59 Å². The topological polar surface area (TPSA) is 73.7 Å². The first-order valence-electron chi connectivity index (χ1n) is 6.56. The molecule has 6 nitrogen and oxygen atoms in total. The molecule has 1 aromatic rings. The van der Waals surface area contributed by atoms with E-state index < -0.39 is 5.97 Å². The van der Waals surface area contributed by atoms with Gasteiger partial charge in [0.15, 0.2) is 5.13 Å². The van der Waals surface area contributed by atoms with Gasteiger partial charge in [0.05, 0.1) is 5.69 Å². The van der Waals surface area contributed by atoms with Crippen molar-refractivity contribution in [2.45, 2.75) is 33.2 Å². The Balaban J connectivity index is 2.51. The first kappa shape index (κ1) is 16.6. The highest BCUT2D eigenvalue weighted by Crippen LogP contribution is 2.21. The first-order valence-corrected chi connectivity index (χ1v) is 7.44. The molecule has 7 heteroatoms. The van der Waals surface area contributed by atoms with Crippen LogP contribution in [0.25, 0.3) is 0 Å². The summed E-state index contributed by atoms with van der Waals surface area (Å²) in [5.74, 6) is -0.780. The lowest BCUT2D eigenvalue weighted by Crippen LogP contribution is -2.27. The summed E-state index contributed by atoms with van der Waals surface area (Å²) in [6.07, 6.45) is 0.804. The largest absolute Gasteiger partial charge is 0.481 e. The molecule has 112 valence electrons. The zero-order valence-corrected chi connectivity index (χ0v) is 12.9. The van der Waals surface area contributed by atoms with Crippen molar-refractivity contribution >= 4 is 28.3 Å². The van der Waals surface area contributed by atoms with Crippen LogP contribution in [-0.4, -0.2) is 47.0 Å². The highest BCUT2D eigenvalue weighted by molar-refractivity contribution is 7.14. The van der Waals surface area contributed by atoms with Crippen LogP contribution in [0.3, 0.4) is 0 Å². The predicted molar refractivity (Wildman–Crippen MR) is 79.0 cm³/mol. The molecule has 0 saturated heterocycles. The van der Waals surface area contributed by atoms with Crippen molar-refractivity contribution in [1.82, 2.24) is 9.88 Å². The number of carbonyl (C=O) groups is 2. The van der Waals surface area contributed by atoms with Gasteiger partial charge in [0.25, 0.3) is 0 Å². The highest BCUT2D eigenvalue weighted by Gasteiger charge is 2.14. The Morgan fingerprint density at radius 1 is 1.45 bits per heavy atom. The number of nitrogens with zero attached hydrogens (tertiary/aromatic N) is 3.